The van der Waals surface area contributed by atoms with E-state index in [4.69, 9.17) is 5.73 Å². The van der Waals surface area contributed by atoms with Gasteiger partial charge in [-0.25, -0.2) is 9.89 Å². The molecule has 0 saturated heterocycles. The number of para-hydroxylation sites is 1. The molecule has 1 aromatic rings. The lowest BCUT2D eigenvalue weighted by Crippen LogP contribution is -2.34. The monoisotopic (exact) mass is 388 g/mol. The molecule has 1 aliphatic rings. The van der Waals surface area contributed by atoms with Crippen molar-refractivity contribution in [3.63, 3.8) is 0 Å². The Kier molecular flexibility index (Phi) is 9.39. The van der Waals surface area contributed by atoms with Gasteiger partial charge in [-0.05, 0) is 25.5 Å². The highest BCUT2D eigenvalue weighted by Crippen LogP contribution is 2.22. The fourth-order valence-electron chi connectivity index (χ4n) is 3.01. The van der Waals surface area contributed by atoms with Gasteiger partial charge in [-0.2, -0.15) is 4.99 Å². The number of carbonyl (C=O) groups is 1. The zero-order valence-electron chi connectivity index (χ0n) is 16.6. The Morgan fingerprint density at radius 1 is 1.11 bits per heavy atom. The lowest BCUT2D eigenvalue weighted by molar-refractivity contribution is -0.117. The molecule has 2 rings (SSSR count). The van der Waals surface area contributed by atoms with Gasteiger partial charge in [0.2, 0.25) is 5.96 Å². The van der Waals surface area contributed by atoms with E-state index in [1.165, 1.54) is 44.9 Å². The molecule has 6 heteroatoms. The zero-order chi connectivity index (χ0) is 19.5. The maximum Gasteiger partial charge on any atom is 0.258 e. The standard InChI is InChI=1S/C21H32N4OS/c1-3-4-5-6-7-8-9-13-16-27-20(22)24-21-23-17(2)19(26)25(21)18-14-11-10-12-15-18/h10-12,14-15,17H,3-9,13,16H2,1-2H3,(H2,22,23,24). The topological polar surface area (TPSA) is 71.0 Å². The number of amides is 1. The molecular formula is C21H32N4OS. The molecule has 1 unspecified atom stereocenters. The van der Waals surface area contributed by atoms with Crippen molar-refractivity contribution >= 4 is 34.5 Å². The highest BCUT2D eigenvalue weighted by atomic mass is 32.2. The Hall–Kier alpha value is -1.82. The summed E-state index contributed by atoms with van der Waals surface area (Å²) in [5.74, 6) is 1.27. The molecule has 0 radical (unpaired) electrons. The molecule has 27 heavy (non-hydrogen) atoms. The molecule has 1 aromatic carbocycles. The average Bonchev–Trinajstić information content (AvgIpc) is 2.94. The van der Waals surface area contributed by atoms with Gasteiger partial charge in [-0.3, -0.25) is 4.79 Å². The maximum atomic E-state index is 12.4. The van der Waals surface area contributed by atoms with Crippen LogP contribution in [0.1, 0.15) is 65.2 Å². The Balaban J connectivity index is 1.77. The van der Waals surface area contributed by atoms with Gasteiger partial charge < -0.3 is 5.73 Å². The molecule has 0 saturated carbocycles. The summed E-state index contributed by atoms with van der Waals surface area (Å²) in [7, 11) is 0. The zero-order valence-corrected chi connectivity index (χ0v) is 17.4. The van der Waals surface area contributed by atoms with Crippen LogP contribution in [0.5, 0.6) is 0 Å². The first-order chi connectivity index (χ1) is 13.1. The van der Waals surface area contributed by atoms with Crippen LogP contribution in [0.15, 0.2) is 40.3 Å². The fourth-order valence-corrected chi connectivity index (χ4v) is 3.72. The van der Waals surface area contributed by atoms with Crippen molar-refractivity contribution in [2.45, 2.75) is 71.3 Å². The molecule has 0 aromatic heterocycles. The first-order valence-corrected chi connectivity index (χ1v) is 11.1. The van der Waals surface area contributed by atoms with Crippen molar-refractivity contribution in [2.75, 3.05) is 10.7 Å². The summed E-state index contributed by atoms with van der Waals surface area (Å²) in [4.78, 5) is 22.8. The van der Waals surface area contributed by atoms with Crippen LogP contribution in [0.25, 0.3) is 0 Å². The van der Waals surface area contributed by atoms with E-state index in [9.17, 15) is 4.79 Å². The summed E-state index contributed by atoms with van der Waals surface area (Å²) in [6, 6.07) is 9.05. The molecule has 1 atom stereocenters. The number of hydrogen-bond donors (Lipinski definition) is 1. The summed E-state index contributed by atoms with van der Waals surface area (Å²) < 4.78 is 0. The van der Waals surface area contributed by atoms with Gasteiger partial charge in [0.05, 0.1) is 5.69 Å². The van der Waals surface area contributed by atoms with Gasteiger partial charge in [0.1, 0.15) is 6.04 Å². The Labute approximate surface area is 167 Å². The van der Waals surface area contributed by atoms with E-state index in [1.807, 2.05) is 30.3 Å². The molecule has 2 N–H and O–H groups in total. The van der Waals surface area contributed by atoms with Crippen molar-refractivity contribution in [1.82, 2.24) is 0 Å². The van der Waals surface area contributed by atoms with Gasteiger partial charge >= 0.3 is 0 Å². The van der Waals surface area contributed by atoms with E-state index in [0.29, 0.717) is 11.1 Å². The van der Waals surface area contributed by atoms with E-state index in [1.54, 1.807) is 23.6 Å². The predicted octanol–water partition coefficient (Wildman–Crippen LogP) is 4.97. The molecule has 1 heterocycles. The number of hydrogen-bond acceptors (Lipinski definition) is 4. The summed E-state index contributed by atoms with van der Waals surface area (Å²) >= 11 is 1.54. The third-order valence-electron chi connectivity index (χ3n) is 4.56. The molecular weight excluding hydrogens is 356 g/mol. The number of rotatable bonds is 10. The normalized spacial score (nSPS) is 17.5. The maximum absolute atomic E-state index is 12.4. The van der Waals surface area contributed by atoms with Crippen LogP contribution in [-0.2, 0) is 4.79 Å². The molecule has 0 fully saturated rings. The van der Waals surface area contributed by atoms with E-state index in [-0.39, 0.29) is 5.91 Å². The number of benzene rings is 1. The van der Waals surface area contributed by atoms with E-state index < -0.39 is 6.04 Å². The van der Waals surface area contributed by atoms with Gasteiger partial charge in [-0.1, -0.05) is 81.8 Å². The van der Waals surface area contributed by atoms with Gasteiger partial charge in [0.25, 0.3) is 5.91 Å². The van der Waals surface area contributed by atoms with E-state index >= 15 is 0 Å². The Morgan fingerprint density at radius 2 is 1.74 bits per heavy atom. The van der Waals surface area contributed by atoms with Crippen LogP contribution in [0.4, 0.5) is 5.69 Å². The van der Waals surface area contributed by atoms with E-state index in [2.05, 4.69) is 16.9 Å². The molecule has 5 nitrogen and oxygen atoms in total. The number of unbranched alkanes of at least 4 members (excludes halogenated alkanes) is 7. The SMILES string of the molecule is CCCCCCCCCCS/C(N)=N/C1=NC(C)C(=O)N1c1ccccc1. The highest BCUT2D eigenvalue weighted by Gasteiger charge is 2.32. The highest BCUT2D eigenvalue weighted by molar-refractivity contribution is 8.13. The minimum Gasteiger partial charge on any atom is -0.378 e. The minimum absolute atomic E-state index is 0.0687. The van der Waals surface area contributed by atoms with Crippen molar-refractivity contribution < 1.29 is 4.79 Å². The van der Waals surface area contributed by atoms with Gasteiger partial charge in [-0.15, -0.1) is 0 Å². The average molecular weight is 389 g/mol. The van der Waals surface area contributed by atoms with Crippen molar-refractivity contribution in [3.8, 4) is 0 Å². The van der Waals surface area contributed by atoms with Crippen LogP contribution >= 0.6 is 11.8 Å². The van der Waals surface area contributed by atoms with Crippen molar-refractivity contribution in [3.05, 3.63) is 30.3 Å². The third-order valence-corrected chi connectivity index (χ3v) is 5.44. The van der Waals surface area contributed by atoms with Crippen LogP contribution in [0.3, 0.4) is 0 Å². The van der Waals surface area contributed by atoms with Crippen LogP contribution in [0.2, 0.25) is 0 Å². The van der Waals surface area contributed by atoms with Gasteiger partial charge in [0, 0.05) is 5.75 Å². The number of aliphatic imine (C=N–C) groups is 2. The number of nitrogens with two attached hydrogens (primary N) is 1. The van der Waals surface area contributed by atoms with Crippen LogP contribution in [0, 0.1) is 0 Å². The van der Waals surface area contributed by atoms with Gasteiger partial charge in [0.15, 0.2) is 5.17 Å². The van der Waals surface area contributed by atoms with Crippen molar-refractivity contribution in [2.24, 2.45) is 15.7 Å². The molecule has 0 aliphatic carbocycles. The van der Waals surface area contributed by atoms with Crippen molar-refractivity contribution in [1.29, 1.82) is 0 Å². The fraction of sp³-hybridized carbons (Fsp3) is 0.571. The quantitative estimate of drug-likeness (QED) is 0.349. The summed E-state index contributed by atoms with van der Waals surface area (Å²) in [5.41, 5.74) is 6.85. The second-order valence-electron chi connectivity index (χ2n) is 6.89. The molecule has 1 amide bonds. The Bertz CT molecular complexity index is 645. The lowest BCUT2D eigenvalue weighted by atomic mass is 10.1. The third kappa shape index (κ3) is 7.01. The first-order valence-electron chi connectivity index (χ1n) is 10.1. The second-order valence-corrected chi connectivity index (χ2v) is 8.00. The van der Waals surface area contributed by atoms with E-state index in [0.717, 1.165) is 17.9 Å². The predicted molar refractivity (Wildman–Crippen MR) is 118 cm³/mol. The largest absolute Gasteiger partial charge is 0.378 e. The molecule has 0 bridgehead atoms. The number of amidine groups is 1. The number of guanidine groups is 1. The minimum atomic E-state index is -0.422. The summed E-state index contributed by atoms with van der Waals surface area (Å²) in [5, 5.41) is 0.472. The number of carbonyl (C=O) groups excluding carboxylic acids is 1. The summed E-state index contributed by atoms with van der Waals surface area (Å²) in [6.45, 7) is 4.03. The molecule has 1 aliphatic heterocycles. The second kappa shape index (κ2) is 11.8. The Morgan fingerprint density at radius 3 is 2.41 bits per heavy atom. The van der Waals surface area contributed by atoms with Crippen LogP contribution in [-0.4, -0.2) is 28.8 Å². The van der Waals surface area contributed by atoms with Crippen LogP contribution < -0.4 is 10.6 Å². The smallest absolute Gasteiger partial charge is 0.258 e. The number of nitrogens with zero attached hydrogens (tertiary/aromatic N) is 3. The lowest BCUT2D eigenvalue weighted by Gasteiger charge is -2.16. The molecule has 0 spiro atoms. The molecule has 148 valence electrons. The number of thioether (sulfide) groups is 1. The first kappa shape index (κ1) is 21.5. The summed E-state index contributed by atoms with van der Waals surface area (Å²) in [6.07, 6.45) is 10.4. The number of anilines is 1.